The van der Waals surface area contributed by atoms with Crippen LogP contribution in [0.25, 0.3) is 10.2 Å². The Morgan fingerprint density at radius 3 is 2.63 bits per heavy atom. The lowest BCUT2D eigenvalue weighted by atomic mass is 10.0. The molecule has 0 bridgehead atoms. The van der Waals surface area contributed by atoms with Crippen LogP contribution in [0.1, 0.15) is 43.0 Å². The number of benzene rings is 1. The second kappa shape index (κ2) is 11.9. The van der Waals surface area contributed by atoms with Gasteiger partial charge in [0.25, 0.3) is 5.91 Å². The van der Waals surface area contributed by atoms with Crippen LogP contribution in [0.2, 0.25) is 0 Å². The largest absolute Gasteiger partial charge is 0.465 e. The van der Waals surface area contributed by atoms with Gasteiger partial charge >= 0.3 is 5.97 Å². The molecular weight excluding hydrogens is 494 g/mol. The summed E-state index contributed by atoms with van der Waals surface area (Å²) in [6, 6.07) is 5.00. The van der Waals surface area contributed by atoms with E-state index in [1.54, 1.807) is 34.8 Å². The van der Waals surface area contributed by atoms with Gasteiger partial charge in [0.05, 0.1) is 29.5 Å². The summed E-state index contributed by atoms with van der Waals surface area (Å²) in [5, 5.41) is 0. The second-order valence-corrected chi connectivity index (χ2v) is 11.5. The number of fused-ring (bicyclic) bond motifs is 1. The van der Waals surface area contributed by atoms with Crippen LogP contribution in [-0.2, 0) is 35.4 Å². The number of thiazole rings is 1. The van der Waals surface area contributed by atoms with Crippen molar-refractivity contribution >= 4 is 49.2 Å². The zero-order valence-corrected chi connectivity index (χ0v) is 21.8. The first kappa shape index (κ1) is 27.0. The quantitative estimate of drug-likeness (QED) is 0.457. The highest BCUT2D eigenvalue weighted by atomic mass is 32.2. The van der Waals surface area contributed by atoms with E-state index in [0.29, 0.717) is 30.0 Å². The molecule has 2 aromatic rings. The maximum Gasteiger partial charge on any atom is 0.337 e. The van der Waals surface area contributed by atoms with Crippen molar-refractivity contribution in [1.82, 2.24) is 9.47 Å². The minimum Gasteiger partial charge on any atom is -0.465 e. The number of methoxy groups -OCH3 is 2. The number of esters is 1. The molecule has 12 heteroatoms. The molecule has 1 unspecified atom stereocenters. The van der Waals surface area contributed by atoms with Gasteiger partial charge in [0.15, 0.2) is 14.6 Å². The zero-order chi connectivity index (χ0) is 25.6. The monoisotopic (exact) mass is 525 g/mol. The Hall–Kier alpha value is -2.57. The maximum atomic E-state index is 12.7. The molecule has 0 radical (unpaired) electrons. The Labute approximate surface area is 208 Å². The van der Waals surface area contributed by atoms with E-state index in [-0.39, 0.29) is 10.8 Å². The highest BCUT2D eigenvalue weighted by molar-refractivity contribution is 7.92. The maximum absolute atomic E-state index is 12.7. The first-order valence-electron chi connectivity index (χ1n) is 11.5. The van der Waals surface area contributed by atoms with Crippen molar-refractivity contribution in [1.29, 1.82) is 0 Å². The van der Waals surface area contributed by atoms with Crippen LogP contribution in [-0.4, -0.2) is 80.6 Å². The predicted molar refractivity (Wildman–Crippen MR) is 132 cm³/mol. The van der Waals surface area contributed by atoms with E-state index in [1.807, 2.05) is 6.92 Å². The molecule has 1 fully saturated rings. The predicted octanol–water partition coefficient (Wildman–Crippen LogP) is 1.77. The average molecular weight is 526 g/mol. The summed E-state index contributed by atoms with van der Waals surface area (Å²) in [6.07, 6.45) is 3.50. The number of ether oxygens (including phenoxy) is 2. The zero-order valence-electron chi connectivity index (χ0n) is 20.2. The van der Waals surface area contributed by atoms with Crippen molar-refractivity contribution in [3.63, 3.8) is 0 Å². The normalized spacial score (nSPS) is 17.1. The molecule has 1 saturated heterocycles. The number of carbonyl (C=O) groups excluding carboxylic acids is 3. The molecule has 1 aromatic heterocycles. The van der Waals surface area contributed by atoms with E-state index in [4.69, 9.17) is 9.47 Å². The van der Waals surface area contributed by atoms with Crippen LogP contribution in [0.5, 0.6) is 0 Å². The van der Waals surface area contributed by atoms with E-state index < -0.39 is 39.1 Å². The number of sulfone groups is 1. The van der Waals surface area contributed by atoms with E-state index in [0.717, 1.165) is 42.5 Å². The highest BCUT2D eigenvalue weighted by Gasteiger charge is 2.29. The molecule has 0 spiro atoms. The fraction of sp³-hybridized carbons (Fsp3) is 0.565. The van der Waals surface area contributed by atoms with Gasteiger partial charge in [-0.15, -0.1) is 0 Å². The third-order valence-electron chi connectivity index (χ3n) is 5.95. The smallest absolute Gasteiger partial charge is 0.337 e. The van der Waals surface area contributed by atoms with Crippen molar-refractivity contribution in [3.05, 3.63) is 28.6 Å². The van der Waals surface area contributed by atoms with Gasteiger partial charge in [0.1, 0.15) is 11.5 Å². The summed E-state index contributed by atoms with van der Waals surface area (Å²) >= 11 is 1.15. The van der Waals surface area contributed by atoms with Crippen molar-refractivity contribution in [2.24, 2.45) is 4.99 Å². The van der Waals surface area contributed by atoms with Crippen molar-refractivity contribution in [3.8, 4) is 0 Å². The molecule has 1 aliphatic rings. The number of piperidine rings is 1. The molecule has 2 heterocycles. The summed E-state index contributed by atoms with van der Waals surface area (Å²) in [4.78, 5) is 43.2. The molecule has 3 rings (SSSR count). The van der Waals surface area contributed by atoms with Crippen LogP contribution < -0.4 is 4.80 Å². The van der Waals surface area contributed by atoms with Gasteiger partial charge in [-0.3, -0.25) is 9.59 Å². The van der Waals surface area contributed by atoms with Crippen molar-refractivity contribution < 1.29 is 32.3 Å². The fourth-order valence-corrected chi connectivity index (χ4v) is 6.40. The van der Waals surface area contributed by atoms with E-state index in [9.17, 15) is 22.8 Å². The van der Waals surface area contributed by atoms with Crippen LogP contribution in [0.4, 0.5) is 0 Å². The third kappa shape index (κ3) is 6.77. The topological polar surface area (TPSA) is 124 Å². The number of hydrogen-bond acceptors (Lipinski definition) is 8. The standard InChI is InChI=1S/C23H31N3O7S2/c1-4-17-7-5-6-10-25(17)21(28)15-35(30,31)14-20(27)24-23-26(11-12-32-2)18-9-8-16(22(29)33-3)13-19(18)34-23/h8-9,13,17H,4-7,10-12,14-15H2,1-3H3. The number of amides is 2. The Morgan fingerprint density at radius 2 is 1.94 bits per heavy atom. The molecule has 0 N–H and O–H groups in total. The van der Waals surface area contributed by atoms with E-state index in [2.05, 4.69) is 4.99 Å². The summed E-state index contributed by atoms with van der Waals surface area (Å²) in [6.45, 7) is 3.23. The fourth-order valence-electron chi connectivity index (χ4n) is 4.20. The minimum absolute atomic E-state index is 0.0417. The number of nitrogens with zero attached hydrogens (tertiary/aromatic N) is 3. The van der Waals surface area contributed by atoms with Crippen LogP contribution >= 0.6 is 11.3 Å². The van der Waals surface area contributed by atoms with Gasteiger partial charge in [0.2, 0.25) is 5.91 Å². The molecular formula is C23H31N3O7S2. The molecule has 192 valence electrons. The molecule has 10 nitrogen and oxygen atoms in total. The van der Waals surface area contributed by atoms with Gasteiger partial charge in [-0.1, -0.05) is 18.3 Å². The first-order valence-corrected chi connectivity index (χ1v) is 14.1. The van der Waals surface area contributed by atoms with Gasteiger partial charge in [-0.05, 0) is 43.9 Å². The Kier molecular flexibility index (Phi) is 9.20. The van der Waals surface area contributed by atoms with Crippen molar-refractivity contribution in [2.45, 2.75) is 45.2 Å². The lowest BCUT2D eigenvalue weighted by Crippen LogP contribution is -2.46. The number of aromatic nitrogens is 1. The highest BCUT2D eigenvalue weighted by Crippen LogP contribution is 2.21. The average Bonchev–Trinajstić information content (AvgIpc) is 3.16. The Bertz CT molecular complexity index is 1260. The summed E-state index contributed by atoms with van der Waals surface area (Å²) in [5.74, 6) is -3.36. The summed E-state index contributed by atoms with van der Waals surface area (Å²) in [7, 11) is -1.15. The molecule has 2 amide bonds. The van der Waals surface area contributed by atoms with E-state index in [1.165, 1.54) is 7.11 Å². The molecule has 1 aromatic carbocycles. The van der Waals surface area contributed by atoms with E-state index >= 15 is 0 Å². The number of rotatable bonds is 9. The van der Waals surface area contributed by atoms with Gasteiger partial charge < -0.3 is 18.9 Å². The Balaban J connectivity index is 1.83. The van der Waals surface area contributed by atoms with Gasteiger partial charge in [-0.25, -0.2) is 13.2 Å². The molecule has 1 aliphatic heterocycles. The number of likely N-dealkylation sites (tertiary alicyclic amines) is 1. The third-order valence-corrected chi connectivity index (χ3v) is 8.36. The molecule has 35 heavy (non-hydrogen) atoms. The Morgan fingerprint density at radius 1 is 1.17 bits per heavy atom. The molecule has 0 saturated carbocycles. The second-order valence-electron chi connectivity index (χ2n) is 8.39. The SMILES string of the molecule is CCC1CCCCN1C(=O)CS(=O)(=O)CC(=O)N=c1sc2cc(C(=O)OC)ccc2n1CCOC. The number of hydrogen-bond donors (Lipinski definition) is 0. The van der Waals surface area contributed by atoms with Gasteiger partial charge in [-0.2, -0.15) is 4.99 Å². The molecule has 1 atom stereocenters. The lowest BCUT2D eigenvalue weighted by Gasteiger charge is -2.35. The lowest BCUT2D eigenvalue weighted by molar-refractivity contribution is -0.132. The van der Waals surface area contributed by atoms with Gasteiger partial charge in [0, 0.05) is 26.2 Å². The van der Waals surface area contributed by atoms with Crippen LogP contribution in [0, 0.1) is 0 Å². The van der Waals surface area contributed by atoms with Crippen LogP contribution in [0.15, 0.2) is 23.2 Å². The summed E-state index contributed by atoms with van der Waals surface area (Å²) in [5.41, 5.74) is 1.07. The minimum atomic E-state index is -3.99. The van der Waals surface area contributed by atoms with Crippen molar-refractivity contribution in [2.75, 3.05) is 38.9 Å². The first-order chi connectivity index (χ1) is 16.7. The number of carbonyl (C=O) groups is 3. The van der Waals surface area contributed by atoms with Crippen LogP contribution in [0.3, 0.4) is 0 Å². The molecule has 0 aliphatic carbocycles. The summed E-state index contributed by atoms with van der Waals surface area (Å²) < 4.78 is 37.6.